The van der Waals surface area contributed by atoms with Gasteiger partial charge in [0.1, 0.15) is 0 Å². The summed E-state index contributed by atoms with van der Waals surface area (Å²) in [6.45, 7) is 10.2. The minimum atomic E-state index is -0.00212. The number of anilines is 1. The van der Waals surface area contributed by atoms with Crippen molar-refractivity contribution in [1.82, 2.24) is 15.1 Å². The van der Waals surface area contributed by atoms with Crippen molar-refractivity contribution in [2.45, 2.75) is 69.4 Å². The Hall–Kier alpha value is -2.03. The first-order valence-electron chi connectivity index (χ1n) is 13.2. The highest BCUT2D eigenvalue weighted by Gasteiger charge is 2.49. The number of carbonyl (C=O) groups is 1. The van der Waals surface area contributed by atoms with Crippen LogP contribution in [0.15, 0.2) is 41.5 Å². The smallest absolute Gasteiger partial charge is 0.321 e. The first-order valence-corrected chi connectivity index (χ1v) is 14.1. The second-order valence-electron chi connectivity index (χ2n) is 10.7. The van der Waals surface area contributed by atoms with Gasteiger partial charge < -0.3 is 15.1 Å². The molecule has 35 heavy (non-hydrogen) atoms. The normalized spacial score (nSPS) is 28.2. The first kappa shape index (κ1) is 24.7. The number of para-hydroxylation sites is 1. The van der Waals surface area contributed by atoms with Crippen LogP contribution in [-0.2, 0) is 5.41 Å². The maximum absolute atomic E-state index is 12.6. The first-order chi connectivity index (χ1) is 17.0. The molecule has 2 amide bonds. The monoisotopic (exact) mass is 496 g/mol. The van der Waals surface area contributed by atoms with Crippen LogP contribution in [0.25, 0.3) is 0 Å². The third-order valence-electron chi connectivity index (χ3n) is 8.98. The SMILES string of the molecule is C=C(CC)N=C(SN)N1CCCC2CC(N3CCC4(CC3)CN(C(=O)NC)c3ccccc34)CC21. The van der Waals surface area contributed by atoms with Crippen LogP contribution < -0.4 is 15.4 Å². The molecule has 7 nitrogen and oxygen atoms in total. The van der Waals surface area contributed by atoms with E-state index in [1.165, 1.54) is 43.2 Å². The molecule has 0 aromatic heterocycles. The van der Waals surface area contributed by atoms with Crippen molar-refractivity contribution < 1.29 is 4.79 Å². The Balaban J connectivity index is 1.28. The number of fused-ring (bicyclic) bond motifs is 3. The highest BCUT2D eigenvalue weighted by Crippen LogP contribution is 2.48. The van der Waals surface area contributed by atoms with Gasteiger partial charge in [0.15, 0.2) is 5.17 Å². The van der Waals surface area contributed by atoms with Gasteiger partial charge in [-0.3, -0.25) is 10.0 Å². The molecule has 0 bridgehead atoms. The van der Waals surface area contributed by atoms with Crippen molar-refractivity contribution in [1.29, 1.82) is 0 Å². The minimum Gasteiger partial charge on any atom is -0.347 e. The molecule has 1 saturated carbocycles. The van der Waals surface area contributed by atoms with Crippen molar-refractivity contribution in [3.05, 3.63) is 42.1 Å². The number of hydrogen-bond donors (Lipinski definition) is 2. The number of carbonyl (C=O) groups excluding carboxylic acids is 1. The van der Waals surface area contributed by atoms with Gasteiger partial charge in [-0.1, -0.05) is 31.7 Å². The topological polar surface area (TPSA) is 77.2 Å². The van der Waals surface area contributed by atoms with E-state index in [0.717, 1.165) is 62.0 Å². The van der Waals surface area contributed by atoms with Crippen LogP contribution in [0.3, 0.4) is 0 Å². The zero-order valence-corrected chi connectivity index (χ0v) is 22.0. The van der Waals surface area contributed by atoms with Crippen molar-refractivity contribution >= 4 is 28.8 Å². The van der Waals surface area contributed by atoms with Crippen LogP contribution in [0.5, 0.6) is 0 Å². The molecule has 3 fully saturated rings. The molecule has 190 valence electrons. The molecule has 1 aromatic carbocycles. The molecule has 1 aromatic rings. The van der Waals surface area contributed by atoms with E-state index in [0.29, 0.717) is 18.0 Å². The predicted octanol–water partition coefficient (Wildman–Crippen LogP) is 4.31. The number of piperidine rings is 2. The van der Waals surface area contributed by atoms with E-state index in [2.05, 4.69) is 46.8 Å². The molecule has 0 radical (unpaired) electrons. The molecule has 3 heterocycles. The molecule has 4 aliphatic rings. The number of likely N-dealkylation sites (tertiary alicyclic amines) is 2. The molecule has 3 unspecified atom stereocenters. The summed E-state index contributed by atoms with van der Waals surface area (Å²) in [5.74, 6) is 0.716. The van der Waals surface area contributed by atoms with Gasteiger partial charge in [-0.25, -0.2) is 9.79 Å². The Morgan fingerprint density at radius 1 is 1.26 bits per heavy atom. The Morgan fingerprint density at radius 2 is 2.03 bits per heavy atom. The van der Waals surface area contributed by atoms with Gasteiger partial charge in [-0.05, 0) is 87.5 Å². The van der Waals surface area contributed by atoms with Crippen molar-refractivity contribution in [2.24, 2.45) is 16.0 Å². The Morgan fingerprint density at radius 3 is 2.74 bits per heavy atom. The zero-order chi connectivity index (χ0) is 24.6. The zero-order valence-electron chi connectivity index (χ0n) is 21.2. The van der Waals surface area contributed by atoms with Crippen LogP contribution in [-0.4, -0.2) is 66.3 Å². The molecule has 8 heteroatoms. The van der Waals surface area contributed by atoms with E-state index in [-0.39, 0.29) is 11.4 Å². The van der Waals surface area contributed by atoms with Crippen molar-refractivity contribution in [3.8, 4) is 0 Å². The summed E-state index contributed by atoms with van der Waals surface area (Å²) < 4.78 is 0. The van der Waals surface area contributed by atoms with Gasteiger partial charge in [0.05, 0.1) is 0 Å². The van der Waals surface area contributed by atoms with Gasteiger partial charge in [-0.2, -0.15) is 0 Å². The fraction of sp³-hybridized carbons (Fsp3) is 0.630. The number of nitrogens with zero attached hydrogens (tertiary/aromatic N) is 4. The number of aliphatic imine (C=N–C) groups is 1. The number of amides is 2. The minimum absolute atomic E-state index is 0.00212. The van der Waals surface area contributed by atoms with Crippen LogP contribution >= 0.6 is 11.9 Å². The fourth-order valence-electron chi connectivity index (χ4n) is 7.06. The summed E-state index contributed by atoms with van der Waals surface area (Å²) in [7, 11) is 1.72. The second-order valence-corrected chi connectivity index (χ2v) is 11.3. The lowest BCUT2D eigenvalue weighted by molar-refractivity contribution is 0.118. The summed E-state index contributed by atoms with van der Waals surface area (Å²) >= 11 is 1.28. The summed E-state index contributed by atoms with van der Waals surface area (Å²) in [5, 5.41) is 9.85. The van der Waals surface area contributed by atoms with Crippen LogP contribution in [0, 0.1) is 5.92 Å². The van der Waals surface area contributed by atoms with Crippen LogP contribution in [0.2, 0.25) is 0 Å². The molecule has 2 saturated heterocycles. The molecule has 5 rings (SSSR count). The number of benzene rings is 1. The standard InChI is InChI=1S/C27H40N6OS/c1-4-19(2)30-26(35-28)32-13-7-8-20-16-21(17-24(20)32)31-14-11-27(12-15-31)18-33(25(34)29-3)23-10-6-5-9-22(23)27/h5-6,9-10,20-21,24H,2,4,7-8,11-18,28H2,1,3H3,(H,29,34). The summed E-state index contributed by atoms with van der Waals surface area (Å²) in [4.78, 5) is 24.5. The molecule has 1 spiro atoms. The molecule has 3 atom stereocenters. The van der Waals surface area contributed by atoms with Crippen molar-refractivity contribution in [3.63, 3.8) is 0 Å². The van der Waals surface area contributed by atoms with Crippen LogP contribution in [0.4, 0.5) is 10.5 Å². The lowest BCUT2D eigenvalue weighted by Crippen LogP contribution is -2.50. The van der Waals surface area contributed by atoms with Crippen LogP contribution in [0.1, 0.15) is 57.4 Å². The van der Waals surface area contributed by atoms with E-state index < -0.39 is 0 Å². The van der Waals surface area contributed by atoms with Gasteiger partial charge in [-0.15, -0.1) is 0 Å². The van der Waals surface area contributed by atoms with Gasteiger partial charge in [0.2, 0.25) is 0 Å². The van der Waals surface area contributed by atoms with E-state index in [1.807, 2.05) is 11.0 Å². The molecule has 3 aliphatic heterocycles. The van der Waals surface area contributed by atoms with E-state index in [9.17, 15) is 4.79 Å². The predicted molar refractivity (Wildman–Crippen MR) is 146 cm³/mol. The number of hydrogen-bond acceptors (Lipinski definition) is 5. The highest BCUT2D eigenvalue weighted by atomic mass is 32.2. The van der Waals surface area contributed by atoms with Gasteiger partial charge in [0, 0.05) is 49.0 Å². The summed E-state index contributed by atoms with van der Waals surface area (Å²) in [6.07, 6.45) is 8.04. The number of rotatable bonds is 3. The lowest BCUT2D eigenvalue weighted by atomic mass is 9.74. The largest absolute Gasteiger partial charge is 0.347 e. The second kappa shape index (κ2) is 10.1. The van der Waals surface area contributed by atoms with Gasteiger partial charge in [0.25, 0.3) is 0 Å². The average molecular weight is 497 g/mol. The number of allylic oxidation sites excluding steroid dienone is 1. The summed E-state index contributed by atoms with van der Waals surface area (Å²) in [5.41, 5.74) is 3.42. The lowest BCUT2D eigenvalue weighted by Gasteiger charge is -2.42. The maximum atomic E-state index is 12.6. The maximum Gasteiger partial charge on any atom is 0.321 e. The molecular weight excluding hydrogens is 456 g/mol. The summed E-state index contributed by atoms with van der Waals surface area (Å²) in [6, 6.07) is 9.65. The van der Waals surface area contributed by atoms with E-state index in [4.69, 9.17) is 10.1 Å². The molecule has 1 aliphatic carbocycles. The molecular formula is C27H40N6OS. The fourth-order valence-corrected chi connectivity index (χ4v) is 7.60. The average Bonchev–Trinajstić information content (AvgIpc) is 3.47. The van der Waals surface area contributed by atoms with Crippen molar-refractivity contribution in [2.75, 3.05) is 38.1 Å². The third kappa shape index (κ3) is 4.49. The number of amidine groups is 1. The molecule has 3 N–H and O–H groups in total. The number of nitrogens with two attached hydrogens (primary N) is 1. The van der Waals surface area contributed by atoms with E-state index in [1.54, 1.807) is 7.05 Å². The Bertz CT molecular complexity index is 988. The highest BCUT2D eigenvalue weighted by molar-refractivity contribution is 8.11. The number of nitrogens with one attached hydrogen (secondary N) is 1. The Labute approximate surface area is 214 Å². The quantitative estimate of drug-likeness (QED) is 0.370. The van der Waals surface area contributed by atoms with Gasteiger partial charge >= 0.3 is 6.03 Å². The Kier molecular flexibility index (Phi) is 7.15. The third-order valence-corrected chi connectivity index (χ3v) is 9.51. The number of urea groups is 1. The van der Waals surface area contributed by atoms with E-state index >= 15 is 0 Å².